The number of fused-ring (bicyclic) bond motifs is 1. The van der Waals surface area contributed by atoms with E-state index >= 15 is 0 Å². The lowest BCUT2D eigenvalue weighted by molar-refractivity contribution is -0.134. The molecule has 2 aliphatic heterocycles. The van der Waals surface area contributed by atoms with E-state index in [0.717, 1.165) is 43.0 Å². The van der Waals surface area contributed by atoms with Gasteiger partial charge >= 0.3 is 0 Å². The Morgan fingerprint density at radius 3 is 2.78 bits per heavy atom. The summed E-state index contributed by atoms with van der Waals surface area (Å²) in [7, 11) is 0. The van der Waals surface area contributed by atoms with E-state index in [2.05, 4.69) is 43.1 Å². The molecule has 1 N–H and O–H groups in total. The van der Waals surface area contributed by atoms with Crippen molar-refractivity contribution in [3.05, 3.63) is 29.3 Å². The first-order chi connectivity index (χ1) is 12.7. The molecule has 2 heterocycles. The number of benzene rings is 1. The normalized spacial score (nSPS) is 26.1. The molecule has 1 aromatic carbocycles. The second kappa shape index (κ2) is 7.80. The molecule has 27 heavy (non-hydrogen) atoms. The summed E-state index contributed by atoms with van der Waals surface area (Å²) in [6, 6.07) is 6.78. The Hall–Kier alpha value is -1.59. The molecule has 0 unspecified atom stereocenters. The second-order valence-corrected chi connectivity index (χ2v) is 8.97. The van der Waals surface area contributed by atoms with Gasteiger partial charge in [-0.15, -0.1) is 0 Å². The van der Waals surface area contributed by atoms with Crippen molar-refractivity contribution >= 4 is 5.91 Å². The highest BCUT2D eigenvalue weighted by Gasteiger charge is 2.39. The van der Waals surface area contributed by atoms with Gasteiger partial charge in [0.2, 0.25) is 0 Å². The SMILES string of the molecule is Cc1ccc(C(C)C)c(OC(C)(C)C(=O)N[C@H]2C[C@H]3CO[C@@H](C)CN3C2)c1. The summed E-state index contributed by atoms with van der Waals surface area (Å²) in [5.41, 5.74) is 1.34. The van der Waals surface area contributed by atoms with Crippen LogP contribution in [-0.2, 0) is 9.53 Å². The maximum Gasteiger partial charge on any atom is 0.263 e. The van der Waals surface area contributed by atoms with Crippen LogP contribution < -0.4 is 10.1 Å². The van der Waals surface area contributed by atoms with Crippen LogP contribution in [0, 0.1) is 6.92 Å². The smallest absolute Gasteiger partial charge is 0.263 e. The number of morpholine rings is 1. The first kappa shape index (κ1) is 20.2. The predicted molar refractivity (Wildman–Crippen MR) is 107 cm³/mol. The molecule has 0 saturated carbocycles. The second-order valence-electron chi connectivity index (χ2n) is 8.97. The summed E-state index contributed by atoms with van der Waals surface area (Å²) in [5.74, 6) is 1.08. The number of nitrogens with one attached hydrogen (secondary N) is 1. The molecule has 0 spiro atoms. The third-order valence-electron chi connectivity index (χ3n) is 5.63. The highest BCUT2D eigenvalue weighted by Crippen LogP contribution is 2.31. The number of nitrogens with zero attached hydrogens (tertiary/aromatic N) is 1. The predicted octanol–water partition coefficient (Wildman–Crippen LogP) is 3.25. The maximum atomic E-state index is 13.0. The van der Waals surface area contributed by atoms with Crippen LogP contribution in [-0.4, -0.2) is 54.3 Å². The number of carbonyl (C=O) groups is 1. The Balaban J connectivity index is 1.65. The van der Waals surface area contributed by atoms with E-state index in [1.54, 1.807) is 0 Å². The minimum atomic E-state index is -0.926. The Morgan fingerprint density at radius 1 is 1.33 bits per heavy atom. The number of rotatable bonds is 5. The number of aryl methyl sites for hydroxylation is 1. The van der Waals surface area contributed by atoms with Crippen molar-refractivity contribution in [2.24, 2.45) is 0 Å². The van der Waals surface area contributed by atoms with Crippen LogP contribution in [0.3, 0.4) is 0 Å². The summed E-state index contributed by atoms with van der Waals surface area (Å²) >= 11 is 0. The molecule has 0 bridgehead atoms. The summed E-state index contributed by atoms with van der Waals surface area (Å²) in [6.45, 7) is 14.7. The van der Waals surface area contributed by atoms with E-state index in [1.807, 2.05) is 26.8 Å². The number of hydrogen-bond donors (Lipinski definition) is 1. The molecule has 2 aliphatic rings. The summed E-state index contributed by atoms with van der Waals surface area (Å²) < 4.78 is 12.0. The van der Waals surface area contributed by atoms with Crippen molar-refractivity contribution in [3.63, 3.8) is 0 Å². The van der Waals surface area contributed by atoms with Crippen LogP contribution in [0.1, 0.15) is 58.1 Å². The molecule has 2 saturated heterocycles. The molecular weight excluding hydrogens is 340 g/mol. The van der Waals surface area contributed by atoms with Crippen molar-refractivity contribution < 1.29 is 14.3 Å². The molecule has 2 fully saturated rings. The molecule has 150 valence electrons. The van der Waals surface area contributed by atoms with E-state index in [-0.39, 0.29) is 18.1 Å². The highest BCUT2D eigenvalue weighted by molar-refractivity contribution is 5.85. The fourth-order valence-electron chi connectivity index (χ4n) is 4.03. The molecule has 1 aromatic rings. The van der Waals surface area contributed by atoms with Crippen molar-refractivity contribution in [1.82, 2.24) is 10.2 Å². The lowest BCUT2D eigenvalue weighted by Crippen LogP contribution is -2.51. The van der Waals surface area contributed by atoms with Crippen LogP contribution in [0.2, 0.25) is 0 Å². The Labute approximate surface area is 163 Å². The van der Waals surface area contributed by atoms with Gasteiger partial charge in [0, 0.05) is 25.2 Å². The number of carbonyl (C=O) groups excluding carboxylic acids is 1. The fraction of sp³-hybridized carbons (Fsp3) is 0.682. The molecule has 0 radical (unpaired) electrons. The molecule has 3 rings (SSSR count). The average Bonchev–Trinajstić information content (AvgIpc) is 2.95. The van der Waals surface area contributed by atoms with E-state index in [0.29, 0.717) is 12.0 Å². The largest absolute Gasteiger partial charge is 0.478 e. The van der Waals surface area contributed by atoms with Crippen LogP contribution in [0.15, 0.2) is 18.2 Å². The number of amides is 1. The van der Waals surface area contributed by atoms with Gasteiger partial charge in [-0.3, -0.25) is 9.69 Å². The van der Waals surface area contributed by atoms with Gasteiger partial charge < -0.3 is 14.8 Å². The molecule has 0 aromatic heterocycles. The van der Waals surface area contributed by atoms with Crippen molar-refractivity contribution in [3.8, 4) is 5.75 Å². The molecule has 5 heteroatoms. The molecule has 5 nitrogen and oxygen atoms in total. The third kappa shape index (κ3) is 4.64. The number of hydrogen-bond acceptors (Lipinski definition) is 4. The zero-order valence-electron chi connectivity index (χ0n) is 17.5. The van der Waals surface area contributed by atoms with E-state index in [1.165, 1.54) is 0 Å². The van der Waals surface area contributed by atoms with Gasteiger partial charge in [-0.05, 0) is 57.2 Å². The molecular formula is C22H34N2O3. The van der Waals surface area contributed by atoms with Gasteiger partial charge in [0.05, 0.1) is 12.7 Å². The lowest BCUT2D eigenvalue weighted by atomic mass is 9.99. The Bertz CT molecular complexity index is 686. The monoisotopic (exact) mass is 374 g/mol. The zero-order valence-corrected chi connectivity index (χ0v) is 17.5. The first-order valence-electron chi connectivity index (χ1n) is 10.1. The van der Waals surface area contributed by atoms with E-state index in [4.69, 9.17) is 9.47 Å². The van der Waals surface area contributed by atoms with Crippen molar-refractivity contribution in [2.75, 3.05) is 19.7 Å². The summed E-state index contributed by atoms with van der Waals surface area (Å²) in [4.78, 5) is 15.4. The molecule has 3 atom stereocenters. The van der Waals surface area contributed by atoms with Gasteiger partial charge in [0.15, 0.2) is 5.60 Å². The van der Waals surface area contributed by atoms with Crippen molar-refractivity contribution in [2.45, 2.75) is 77.7 Å². The van der Waals surface area contributed by atoms with E-state index < -0.39 is 5.60 Å². The van der Waals surface area contributed by atoms with Gasteiger partial charge in [-0.2, -0.15) is 0 Å². The topological polar surface area (TPSA) is 50.8 Å². The van der Waals surface area contributed by atoms with Crippen LogP contribution >= 0.6 is 0 Å². The molecule has 1 amide bonds. The first-order valence-corrected chi connectivity index (χ1v) is 10.1. The van der Waals surface area contributed by atoms with Gasteiger partial charge in [0.25, 0.3) is 5.91 Å². The molecule has 0 aliphatic carbocycles. The zero-order chi connectivity index (χ0) is 19.8. The standard InChI is InChI=1S/C22H34N2O3/c1-14(2)19-8-7-15(3)9-20(19)27-22(5,6)21(25)23-17-10-18-13-26-16(4)11-24(18)12-17/h7-9,14,16-18H,10-13H2,1-6H3,(H,23,25)/t16-,17-,18-/m0/s1. The van der Waals surface area contributed by atoms with Crippen LogP contribution in [0.25, 0.3) is 0 Å². The lowest BCUT2D eigenvalue weighted by Gasteiger charge is -2.33. The average molecular weight is 375 g/mol. The summed E-state index contributed by atoms with van der Waals surface area (Å²) in [5, 5.41) is 3.21. The minimum absolute atomic E-state index is 0.0578. The Morgan fingerprint density at radius 2 is 2.07 bits per heavy atom. The van der Waals surface area contributed by atoms with Gasteiger partial charge in [-0.25, -0.2) is 0 Å². The minimum Gasteiger partial charge on any atom is -0.478 e. The maximum absolute atomic E-state index is 13.0. The Kier molecular flexibility index (Phi) is 5.82. The van der Waals surface area contributed by atoms with Gasteiger partial charge in [-0.1, -0.05) is 26.0 Å². The van der Waals surface area contributed by atoms with Crippen molar-refractivity contribution in [1.29, 1.82) is 0 Å². The summed E-state index contributed by atoms with van der Waals surface area (Å²) in [6.07, 6.45) is 1.21. The van der Waals surface area contributed by atoms with Gasteiger partial charge in [0.1, 0.15) is 5.75 Å². The highest BCUT2D eigenvalue weighted by atomic mass is 16.5. The van der Waals surface area contributed by atoms with Crippen LogP contribution in [0.5, 0.6) is 5.75 Å². The fourth-order valence-corrected chi connectivity index (χ4v) is 4.03. The third-order valence-corrected chi connectivity index (χ3v) is 5.63. The van der Waals surface area contributed by atoms with E-state index in [9.17, 15) is 4.79 Å². The van der Waals surface area contributed by atoms with Crippen LogP contribution in [0.4, 0.5) is 0 Å². The quantitative estimate of drug-likeness (QED) is 0.860. The number of ether oxygens (including phenoxy) is 2.